The average Bonchev–Trinajstić information content (AvgIpc) is 2.67. The smallest absolute Gasteiger partial charge is 0.0898 e. The number of aromatic amines is 1. The van der Waals surface area contributed by atoms with Crippen LogP contribution in [-0.4, -0.2) is 15.1 Å². The van der Waals surface area contributed by atoms with Crippen molar-refractivity contribution in [3.63, 3.8) is 0 Å². The number of benzene rings is 1. The Bertz CT molecular complexity index is 672. The van der Waals surface area contributed by atoms with E-state index in [1.807, 2.05) is 24.3 Å². The summed E-state index contributed by atoms with van der Waals surface area (Å²) < 4.78 is 0. The van der Waals surface area contributed by atoms with E-state index in [1.165, 1.54) is 0 Å². The molecular formula is C12H11N3O. The Morgan fingerprint density at radius 3 is 2.94 bits per heavy atom. The molecule has 4 N–H and O–H groups in total. The third-order valence-electron chi connectivity index (χ3n) is 2.77. The highest BCUT2D eigenvalue weighted by Gasteiger charge is 2.08. The minimum Gasteiger partial charge on any atom is -0.399 e. The first-order valence-electron chi connectivity index (χ1n) is 5.05. The maximum Gasteiger partial charge on any atom is 0.0898 e. The molecule has 2 aromatic heterocycles. The molecule has 0 radical (unpaired) electrons. The Balaban J connectivity index is 2.50. The minimum atomic E-state index is -0.0698. The van der Waals surface area contributed by atoms with Crippen molar-refractivity contribution in [2.45, 2.75) is 6.61 Å². The molecule has 16 heavy (non-hydrogen) atoms. The fourth-order valence-electron chi connectivity index (χ4n) is 2.02. The monoisotopic (exact) mass is 213 g/mol. The summed E-state index contributed by atoms with van der Waals surface area (Å²) in [6.07, 6.45) is 1.70. The van der Waals surface area contributed by atoms with E-state index in [4.69, 9.17) is 5.73 Å². The number of fused-ring (bicyclic) bond motifs is 3. The Morgan fingerprint density at radius 1 is 1.25 bits per heavy atom. The number of anilines is 1. The van der Waals surface area contributed by atoms with Crippen LogP contribution in [0.3, 0.4) is 0 Å². The standard InChI is InChI=1S/C12H11N3O/c13-7-1-2-10-9(5-7)8-3-4-14-11(6-16)12(8)15-10/h1-5,15-16H,6,13H2. The lowest BCUT2D eigenvalue weighted by Gasteiger charge is -1.96. The van der Waals surface area contributed by atoms with Gasteiger partial charge in [-0.25, -0.2) is 0 Å². The number of hydrogen-bond donors (Lipinski definition) is 3. The zero-order valence-electron chi connectivity index (χ0n) is 8.57. The number of aliphatic hydroxyl groups is 1. The molecule has 0 fully saturated rings. The Kier molecular flexibility index (Phi) is 1.84. The van der Waals surface area contributed by atoms with Crippen LogP contribution in [0.25, 0.3) is 21.8 Å². The molecule has 0 bridgehead atoms. The summed E-state index contributed by atoms with van der Waals surface area (Å²) in [4.78, 5) is 7.38. The van der Waals surface area contributed by atoms with Crippen molar-refractivity contribution < 1.29 is 5.11 Å². The van der Waals surface area contributed by atoms with Crippen LogP contribution in [-0.2, 0) is 6.61 Å². The molecule has 3 rings (SSSR count). The quantitative estimate of drug-likeness (QED) is 0.539. The van der Waals surface area contributed by atoms with Gasteiger partial charge in [-0.05, 0) is 24.3 Å². The maximum atomic E-state index is 9.21. The molecule has 3 aromatic rings. The van der Waals surface area contributed by atoms with Gasteiger partial charge in [-0.2, -0.15) is 0 Å². The highest BCUT2D eigenvalue weighted by molar-refractivity contribution is 6.08. The van der Waals surface area contributed by atoms with Gasteiger partial charge in [-0.1, -0.05) is 0 Å². The second kappa shape index (κ2) is 3.21. The van der Waals surface area contributed by atoms with E-state index in [0.29, 0.717) is 5.69 Å². The second-order valence-corrected chi connectivity index (χ2v) is 3.77. The van der Waals surface area contributed by atoms with Gasteiger partial charge in [0.15, 0.2) is 0 Å². The predicted molar refractivity (Wildman–Crippen MR) is 63.9 cm³/mol. The lowest BCUT2D eigenvalue weighted by atomic mass is 10.1. The van der Waals surface area contributed by atoms with Gasteiger partial charge in [-0.3, -0.25) is 4.98 Å². The zero-order valence-corrected chi connectivity index (χ0v) is 8.57. The number of aromatic nitrogens is 2. The SMILES string of the molecule is Nc1ccc2[nH]c3c(CO)nccc3c2c1. The molecule has 4 heteroatoms. The molecule has 80 valence electrons. The van der Waals surface area contributed by atoms with E-state index in [2.05, 4.69) is 9.97 Å². The Hall–Kier alpha value is -2.07. The molecule has 0 amide bonds. The summed E-state index contributed by atoms with van der Waals surface area (Å²) in [6.45, 7) is -0.0698. The van der Waals surface area contributed by atoms with Crippen LogP contribution in [0.1, 0.15) is 5.69 Å². The van der Waals surface area contributed by atoms with E-state index in [1.54, 1.807) is 6.20 Å². The number of H-pyrrole nitrogens is 1. The molecule has 2 heterocycles. The van der Waals surface area contributed by atoms with Crippen molar-refractivity contribution in [3.05, 3.63) is 36.2 Å². The fraction of sp³-hybridized carbons (Fsp3) is 0.0833. The molecule has 0 spiro atoms. The summed E-state index contributed by atoms with van der Waals surface area (Å²) in [6, 6.07) is 7.64. The van der Waals surface area contributed by atoms with Gasteiger partial charge in [0.1, 0.15) is 0 Å². The number of nitrogens with two attached hydrogens (primary N) is 1. The highest BCUT2D eigenvalue weighted by Crippen LogP contribution is 2.27. The van der Waals surface area contributed by atoms with E-state index < -0.39 is 0 Å². The number of nitrogens with one attached hydrogen (secondary N) is 1. The third kappa shape index (κ3) is 1.17. The average molecular weight is 213 g/mol. The summed E-state index contributed by atoms with van der Waals surface area (Å²) in [7, 11) is 0. The largest absolute Gasteiger partial charge is 0.399 e. The van der Waals surface area contributed by atoms with E-state index in [0.717, 1.165) is 27.5 Å². The molecule has 0 saturated carbocycles. The van der Waals surface area contributed by atoms with Gasteiger partial charge in [0.25, 0.3) is 0 Å². The fourth-order valence-corrected chi connectivity index (χ4v) is 2.02. The lowest BCUT2D eigenvalue weighted by Crippen LogP contribution is -1.89. The normalized spacial score (nSPS) is 11.3. The van der Waals surface area contributed by atoms with Crippen molar-refractivity contribution in [1.29, 1.82) is 0 Å². The second-order valence-electron chi connectivity index (χ2n) is 3.77. The van der Waals surface area contributed by atoms with E-state index >= 15 is 0 Å². The van der Waals surface area contributed by atoms with Crippen LogP contribution in [0.15, 0.2) is 30.5 Å². The molecule has 0 aliphatic carbocycles. The van der Waals surface area contributed by atoms with Crippen molar-refractivity contribution in [3.8, 4) is 0 Å². The van der Waals surface area contributed by atoms with Gasteiger partial charge in [0.05, 0.1) is 17.8 Å². The van der Waals surface area contributed by atoms with Crippen LogP contribution in [0, 0.1) is 0 Å². The van der Waals surface area contributed by atoms with Crippen LogP contribution in [0.5, 0.6) is 0 Å². The molecule has 0 saturated heterocycles. The summed E-state index contributed by atoms with van der Waals surface area (Å²) in [5.74, 6) is 0. The van der Waals surface area contributed by atoms with Crippen LogP contribution < -0.4 is 5.73 Å². The van der Waals surface area contributed by atoms with Crippen molar-refractivity contribution in [2.75, 3.05) is 5.73 Å². The third-order valence-corrected chi connectivity index (χ3v) is 2.77. The van der Waals surface area contributed by atoms with Crippen LogP contribution >= 0.6 is 0 Å². The molecule has 4 nitrogen and oxygen atoms in total. The van der Waals surface area contributed by atoms with Crippen molar-refractivity contribution in [1.82, 2.24) is 9.97 Å². The number of aliphatic hydroxyl groups excluding tert-OH is 1. The van der Waals surface area contributed by atoms with Gasteiger partial charge in [0, 0.05) is 28.2 Å². The van der Waals surface area contributed by atoms with Crippen molar-refractivity contribution in [2.24, 2.45) is 0 Å². The van der Waals surface area contributed by atoms with E-state index in [9.17, 15) is 5.11 Å². The summed E-state index contributed by atoms with van der Waals surface area (Å²) in [5, 5.41) is 11.3. The van der Waals surface area contributed by atoms with Gasteiger partial charge < -0.3 is 15.8 Å². The molecule has 1 aromatic carbocycles. The van der Waals surface area contributed by atoms with Crippen LogP contribution in [0.2, 0.25) is 0 Å². The number of nitrogen functional groups attached to an aromatic ring is 1. The first kappa shape index (κ1) is 9.18. The van der Waals surface area contributed by atoms with Gasteiger partial charge >= 0.3 is 0 Å². The molecular weight excluding hydrogens is 202 g/mol. The molecule has 0 aliphatic heterocycles. The number of nitrogens with zero attached hydrogens (tertiary/aromatic N) is 1. The highest BCUT2D eigenvalue weighted by atomic mass is 16.3. The van der Waals surface area contributed by atoms with Gasteiger partial charge in [0.2, 0.25) is 0 Å². The number of pyridine rings is 1. The molecule has 0 atom stereocenters. The number of hydrogen-bond acceptors (Lipinski definition) is 3. The topological polar surface area (TPSA) is 74.9 Å². The molecule has 0 unspecified atom stereocenters. The first-order valence-corrected chi connectivity index (χ1v) is 5.05. The van der Waals surface area contributed by atoms with Crippen molar-refractivity contribution >= 4 is 27.5 Å². The molecule has 0 aliphatic rings. The van der Waals surface area contributed by atoms with E-state index in [-0.39, 0.29) is 6.61 Å². The minimum absolute atomic E-state index is 0.0698. The summed E-state index contributed by atoms with van der Waals surface area (Å²) >= 11 is 0. The summed E-state index contributed by atoms with van der Waals surface area (Å²) in [5.41, 5.74) is 9.04. The first-order chi connectivity index (χ1) is 7.79. The van der Waals surface area contributed by atoms with Gasteiger partial charge in [-0.15, -0.1) is 0 Å². The maximum absolute atomic E-state index is 9.21. The zero-order chi connectivity index (χ0) is 11.1. The van der Waals surface area contributed by atoms with Crippen LogP contribution in [0.4, 0.5) is 5.69 Å². The lowest BCUT2D eigenvalue weighted by molar-refractivity contribution is 0.278. The Labute approximate surface area is 91.7 Å². The number of rotatable bonds is 1. The predicted octanol–water partition coefficient (Wildman–Crippen LogP) is 1.79. The Morgan fingerprint density at radius 2 is 2.12 bits per heavy atom.